The van der Waals surface area contributed by atoms with Gasteiger partial charge in [0, 0.05) is 6.42 Å². The lowest BCUT2D eigenvalue weighted by Gasteiger charge is -2.27. The normalized spacial score (nSPS) is 15.0. The first-order valence-corrected chi connectivity index (χ1v) is 7.93. The van der Waals surface area contributed by atoms with E-state index in [-0.39, 0.29) is 6.42 Å². The number of ether oxygens (including phenoxy) is 1. The Labute approximate surface area is 144 Å². The molecule has 3 rings (SSSR count). The third kappa shape index (κ3) is 3.47. The molecule has 0 saturated heterocycles. The Morgan fingerprint density at radius 2 is 1.96 bits per heavy atom. The van der Waals surface area contributed by atoms with Crippen LogP contribution in [-0.2, 0) is 28.0 Å². The predicted molar refractivity (Wildman–Crippen MR) is 88.9 cm³/mol. The number of amides is 1. The van der Waals surface area contributed by atoms with Crippen molar-refractivity contribution in [3.8, 4) is 5.75 Å². The van der Waals surface area contributed by atoms with E-state index in [0.29, 0.717) is 12.2 Å². The molecule has 0 fully saturated rings. The van der Waals surface area contributed by atoms with Crippen molar-refractivity contribution in [3.63, 3.8) is 0 Å². The van der Waals surface area contributed by atoms with Gasteiger partial charge in [-0.1, -0.05) is 24.3 Å². The first kappa shape index (κ1) is 17.0. The Bertz CT molecular complexity index is 819. The van der Waals surface area contributed by atoms with Crippen molar-refractivity contribution in [2.45, 2.75) is 25.3 Å². The van der Waals surface area contributed by atoms with Crippen molar-refractivity contribution < 1.29 is 23.8 Å². The molecule has 0 aromatic heterocycles. The van der Waals surface area contributed by atoms with Crippen LogP contribution in [0.15, 0.2) is 42.5 Å². The standard InChI is InChI=1S/C19H18FNO4/c1-19(18(23)24,14-3-5-15(20)6-4-14)21-17(22)11-12-2-7-16-13(10-12)8-9-25-16/h2-7,10H,8-9,11H2,1H3,(H,21,22)(H,23,24). The SMILES string of the molecule is CC(NC(=O)Cc1ccc2c(c1)CCO2)(C(=O)O)c1ccc(F)cc1. The molecule has 130 valence electrons. The van der Waals surface area contributed by atoms with Crippen LogP contribution in [0.25, 0.3) is 0 Å². The number of halogens is 1. The summed E-state index contributed by atoms with van der Waals surface area (Å²) in [6.07, 6.45) is 0.852. The Morgan fingerprint density at radius 1 is 1.24 bits per heavy atom. The van der Waals surface area contributed by atoms with E-state index in [9.17, 15) is 19.1 Å². The summed E-state index contributed by atoms with van der Waals surface area (Å²) < 4.78 is 18.5. The average Bonchev–Trinajstić information content (AvgIpc) is 3.02. The van der Waals surface area contributed by atoms with Gasteiger partial charge in [0.05, 0.1) is 13.0 Å². The number of carbonyl (C=O) groups excluding carboxylic acids is 1. The largest absolute Gasteiger partial charge is 0.493 e. The highest BCUT2D eigenvalue weighted by Crippen LogP contribution is 2.26. The first-order valence-electron chi connectivity index (χ1n) is 7.93. The van der Waals surface area contributed by atoms with E-state index in [4.69, 9.17) is 4.74 Å². The quantitative estimate of drug-likeness (QED) is 0.874. The van der Waals surface area contributed by atoms with Crippen LogP contribution < -0.4 is 10.1 Å². The molecule has 0 radical (unpaired) electrons. The van der Waals surface area contributed by atoms with Crippen LogP contribution in [0, 0.1) is 5.82 Å². The molecule has 25 heavy (non-hydrogen) atoms. The predicted octanol–water partition coefficient (Wildman–Crippen LogP) is 2.42. The van der Waals surface area contributed by atoms with Gasteiger partial charge in [0.2, 0.25) is 5.91 Å². The van der Waals surface area contributed by atoms with Crippen LogP contribution in [0.2, 0.25) is 0 Å². The zero-order chi connectivity index (χ0) is 18.0. The molecular weight excluding hydrogens is 325 g/mol. The van der Waals surface area contributed by atoms with E-state index in [1.54, 1.807) is 6.07 Å². The van der Waals surface area contributed by atoms with Crippen molar-refractivity contribution in [3.05, 3.63) is 65.0 Å². The van der Waals surface area contributed by atoms with Gasteiger partial charge in [-0.25, -0.2) is 9.18 Å². The summed E-state index contributed by atoms with van der Waals surface area (Å²) in [5, 5.41) is 12.1. The molecule has 0 saturated carbocycles. The number of carbonyl (C=O) groups is 2. The molecule has 0 spiro atoms. The minimum atomic E-state index is -1.63. The number of rotatable bonds is 5. The van der Waals surface area contributed by atoms with Crippen molar-refractivity contribution in [1.82, 2.24) is 5.32 Å². The zero-order valence-electron chi connectivity index (χ0n) is 13.7. The Hall–Kier alpha value is -2.89. The lowest BCUT2D eigenvalue weighted by Crippen LogP contribution is -2.50. The minimum absolute atomic E-state index is 0.0529. The fourth-order valence-electron chi connectivity index (χ4n) is 2.89. The molecular formula is C19H18FNO4. The summed E-state index contributed by atoms with van der Waals surface area (Å²) in [4.78, 5) is 24.1. The average molecular weight is 343 g/mol. The van der Waals surface area contributed by atoms with Crippen molar-refractivity contribution in [2.75, 3.05) is 6.61 Å². The van der Waals surface area contributed by atoms with Crippen LogP contribution in [0.3, 0.4) is 0 Å². The van der Waals surface area contributed by atoms with Crippen LogP contribution in [0.5, 0.6) is 5.75 Å². The number of aliphatic carboxylic acids is 1. The molecule has 1 heterocycles. The lowest BCUT2D eigenvalue weighted by molar-refractivity contribution is -0.147. The third-order valence-corrected chi connectivity index (χ3v) is 4.36. The maximum atomic E-state index is 13.1. The molecule has 1 amide bonds. The third-order valence-electron chi connectivity index (χ3n) is 4.36. The van der Waals surface area contributed by atoms with Gasteiger partial charge >= 0.3 is 5.97 Å². The molecule has 1 unspecified atom stereocenters. The molecule has 6 heteroatoms. The van der Waals surface area contributed by atoms with Gasteiger partial charge in [-0.3, -0.25) is 4.79 Å². The molecule has 0 bridgehead atoms. The molecule has 1 atom stereocenters. The van der Waals surface area contributed by atoms with E-state index in [0.717, 1.165) is 23.3 Å². The minimum Gasteiger partial charge on any atom is -0.493 e. The molecule has 1 aliphatic rings. The van der Waals surface area contributed by atoms with E-state index >= 15 is 0 Å². The molecule has 5 nitrogen and oxygen atoms in total. The molecule has 1 aliphatic heterocycles. The van der Waals surface area contributed by atoms with Gasteiger partial charge in [0.25, 0.3) is 0 Å². The van der Waals surface area contributed by atoms with Gasteiger partial charge in [0.1, 0.15) is 11.6 Å². The summed E-state index contributed by atoms with van der Waals surface area (Å²) >= 11 is 0. The highest BCUT2D eigenvalue weighted by atomic mass is 19.1. The Balaban J connectivity index is 1.77. The summed E-state index contributed by atoms with van der Waals surface area (Å²) in [6.45, 7) is 2.02. The highest BCUT2D eigenvalue weighted by Gasteiger charge is 2.36. The maximum Gasteiger partial charge on any atom is 0.333 e. The smallest absolute Gasteiger partial charge is 0.333 e. The number of hydrogen-bond acceptors (Lipinski definition) is 3. The summed E-state index contributed by atoms with van der Waals surface area (Å²) in [5.41, 5.74) is 0.500. The first-order chi connectivity index (χ1) is 11.9. The van der Waals surface area contributed by atoms with E-state index < -0.39 is 23.2 Å². The summed E-state index contributed by atoms with van der Waals surface area (Å²) in [6, 6.07) is 10.6. The second-order valence-electron chi connectivity index (χ2n) is 6.20. The summed E-state index contributed by atoms with van der Waals surface area (Å²) in [7, 11) is 0. The molecule has 2 N–H and O–H groups in total. The Morgan fingerprint density at radius 3 is 2.64 bits per heavy atom. The van der Waals surface area contributed by atoms with Gasteiger partial charge < -0.3 is 15.2 Å². The topological polar surface area (TPSA) is 75.6 Å². The van der Waals surface area contributed by atoms with Gasteiger partial charge in [-0.15, -0.1) is 0 Å². The number of nitrogens with one attached hydrogen (secondary N) is 1. The molecule has 0 aliphatic carbocycles. The second kappa shape index (κ2) is 6.55. The van der Waals surface area contributed by atoms with Crippen LogP contribution >= 0.6 is 0 Å². The molecule has 2 aromatic carbocycles. The van der Waals surface area contributed by atoms with E-state index in [2.05, 4.69) is 5.32 Å². The fourth-order valence-corrected chi connectivity index (χ4v) is 2.89. The van der Waals surface area contributed by atoms with E-state index in [1.165, 1.54) is 31.2 Å². The van der Waals surface area contributed by atoms with Crippen molar-refractivity contribution in [1.29, 1.82) is 0 Å². The number of carboxylic acid groups (broad SMARTS) is 1. The maximum absolute atomic E-state index is 13.1. The van der Waals surface area contributed by atoms with E-state index in [1.807, 2.05) is 12.1 Å². The lowest BCUT2D eigenvalue weighted by atomic mass is 9.91. The van der Waals surface area contributed by atoms with Crippen LogP contribution in [0.1, 0.15) is 23.6 Å². The van der Waals surface area contributed by atoms with Gasteiger partial charge in [-0.2, -0.15) is 0 Å². The number of carboxylic acids is 1. The second-order valence-corrected chi connectivity index (χ2v) is 6.20. The Kier molecular flexibility index (Phi) is 4.44. The monoisotopic (exact) mass is 343 g/mol. The van der Waals surface area contributed by atoms with Gasteiger partial charge in [0.15, 0.2) is 5.54 Å². The number of fused-ring (bicyclic) bond motifs is 1. The van der Waals surface area contributed by atoms with Crippen molar-refractivity contribution >= 4 is 11.9 Å². The number of benzene rings is 2. The number of hydrogen-bond donors (Lipinski definition) is 2. The fraction of sp³-hybridized carbons (Fsp3) is 0.263. The highest BCUT2D eigenvalue weighted by molar-refractivity contribution is 5.88. The molecule has 2 aromatic rings. The summed E-state index contributed by atoms with van der Waals surface area (Å²) in [5.74, 6) is -1.28. The van der Waals surface area contributed by atoms with Gasteiger partial charge in [-0.05, 0) is 41.8 Å². The zero-order valence-corrected chi connectivity index (χ0v) is 13.7. The van der Waals surface area contributed by atoms with Crippen molar-refractivity contribution in [2.24, 2.45) is 0 Å². The van der Waals surface area contributed by atoms with Crippen LogP contribution in [0.4, 0.5) is 4.39 Å². The van der Waals surface area contributed by atoms with Crippen LogP contribution in [-0.4, -0.2) is 23.6 Å².